The van der Waals surface area contributed by atoms with Crippen LogP contribution in [0.1, 0.15) is 60.0 Å². The standard InChI is InChI=1S/C30H33N4O6P/c1-3-30-18-37-24(25(30)40-41-34-16-10-15-22(34)23(39-41)20-11-6-4-7-12-20)28(38-30)33-17-19(2)26(32-29(33)36)31-27(35)21-13-8-5-9-14-21/h4-9,11-14,17,22-25,28H,3,10,15-16,18H2,1-2H3,(H,31,32,35,36)/t22-,23+,24-,25?,28+,30+,41+/m0/s1. The van der Waals surface area contributed by atoms with Gasteiger partial charge in [-0.25, -0.2) is 9.46 Å². The van der Waals surface area contributed by atoms with Crippen molar-refractivity contribution < 1.29 is 23.3 Å². The summed E-state index contributed by atoms with van der Waals surface area (Å²) in [5, 5.41) is 2.75. The van der Waals surface area contributed by atoms with E-state index in [1.54, 1.807) is 37.4 Å². The Morgan fingerprint density at radius 2 is 1.93 bits per heavy atom. The van der Waals surface area contributed by atoms with Crippen LogP contribution in [0.3, 0.4) is 0 Å². The summed E-state index contributed by atoms with van der Waals surface area (Å²) in [5.41, 5.74) is 1.05. The average Bonchev–Trinajstić information content (AvgIpc) is 3.76. The van der Waals surface area contributed by atoms with Crippen LogP contribution in [0.4, 0.5) is 5.82 Å². The van der Waals surface area contributed by atoms with Crippen LogP contribution < -0.4 is 11.0 Å². The van der Waals surface area contributed by atoms with Crippen molar-refractivity contribution in [2.24, 2.45) is 0 Å². The van der Waals surface area contributed by atoms with Gasteiger partial charge in [0.05, 0.1) is 6.61 Å². The molecule has 0 radical (unpaired) electrons. The largest absolute Gasteiger partial charge is 0.368 e. The Morgan fingerprint density at radius 3 is 2.68 bits per heavy atom. The molecule has 4 fully saturated rings. The van der Waals surface area contributed by atoms with Crippen LogP contribution in [0, 0.1) is 6.92 Å². The second kappa shape index (κ2) is 10.7. The van der Waals surface area contributed by atoms with E-state index in [1.165, 1.54) is 4.57 Å². The van der Waals surface area contributed by atoms with E-state index in [0.29, 0.717) is 24.2 Å². The molecule has 2 bridgehead atoms. The highest BCUT2D eigenvalue weighted by atomic mass is 31.2. The highest BCUT2D eigenvalue weighted by molar-refractivity contribution is 7.45. The highest BCUT2D eigenvalue weighted by Crippen LogP contribution is 2.63. The lowest BCUT2D eigenvalue weighted by Gasteiger charge is -2.31. The molecular weight excluding hydrogens is 543 g/mol. The van der Waals surface area contributed by atoms with E-state index in [4.69, 9.17) is 18.5 Å². The number of hydrogen-bond donors (Lipinski definition) is 1. The maximum absolute atomic E-state index is 13.3. The minimum absolute atomic E-state index is 0.0350. The van der Waals surface area contributed by atoms with Crippen molar-refractivity contribution in [1.82, 2.24) is 14.2 Å². The Hall–Kier alpha value is -2.98. The van der Waals surface area contributed by atoms with Crippen molar-refractivity contribution in [1.29, 1.82) is 0 Å². The summed E-state index contributed by atoms with van der Waals surface area (Å²) in [6.45, 7) is 5.16. The number of ether oxygens (including phenoxy) is 2. The van der Waals surface area contributed by atoms with E-state index >= 15 is 0 Å². The molecule has 4 saturated heterocycles. The van der Waals surface area contributed by atoms with Gasteiger partial charge in [-0.05, 0) is 43.9 Å². The maximum Gasteiger partial charge on any atom is 0.351 e. The number of benzene rings is 2. The van der Waals surface area contributed by atoms with Gasteiger partial charge in [-0.2, -0.15) is 4.98 Å². The van der Waals surface area contributed by atoms with E-state index in [2.05, 4.69) is 27.1 Å². The van der Waals surface area contributed by atoms with E-state index in [1.807, 2.05) is 31.2 Å². The third kappa shape index (κ3) is 4.63. The fraction of sp³-hybridized carbons (Fsp3) is 0.433. The van der Waals surface area contributed by atoms with Crippen LogP contribution in [0.5, 0.6) is 0 Å². The lowest BCUT2D eigenvalue weighted by atomic mass is 9.96. The molecule has 3 aromatic rings. The first-order valence-corrected chi connectivity index (χ1v) is 15.3. The SMILES string of the molecule is CC[C@@]12CO[C@@H](C1O[P@@]1O[C@H](c3ccccc3)[C@@H]3CCCN31)[C@H](n1cc(C)c(NC(=O)c3ccccc3)nc1=O)O2. The number of aryl methyl sites for hydroxylation is 1. The zero-order chi connectivity index (χ0) is 28.1. The van der Waals surface area contributed by atoms with Gasteiger partial charge in [-0.3, -0.25) is 9.36 Å². The van der Waals surface area contributed by atoms with Crippen molar-refractivity contribution in [3.63, 3.8) is 0 Å². The van der Waals surface area contributed by atoms with Crippen LogP contribution >= 0.6 is 8.53 Å². The van der Waals surface area contributed by atoms with Gasteiger partial charge in [0.1, 0.15) is 29.7 Å². The number of rotatable bonds is 7. The fourth-order valence-electron chi connectivity index (χ4n) is 6.37. The molecule has 4 aliphatic rings. The average molecular weight is 577 g/mol. The summed E-state index contributed by atoms with van der Waals surface area (Å²) < 4.78 is 30.0. The van der Waals surface area contributed by atoms with Crippen molar-refractivity contribution in [2.75, 3.05) is 18.5 Å². The summed E-state index contributed by atoms with van der Waals surface area (Å²) in [5.74, 6) is -0.110. The lowest BCUT2D eigenvalue weighted by Crippen LogP contribution is -2.41. The van der Waals surface area contributed by atoms with Crippen LogP contribution in [0.2, 0.25) is 0 Å². The Labute approximate surface area is 239 Å². The van der Waals surface area contributed by atoms with Crippen LogP contribution in [0.15, 0.2) is 71.7 Å². The molecule has 4 aliphatic heterocycles. The summed E-state index contributed by atoms with van der Waals surface area (Å²) in [6.07, 6.45) is 2.87. The fourth-order valence-corrected chi connectivity index (χ4v) is 8.41. The Balaban J connectivity index is 1.12. The molecule has 5 heterocycles. The third-order valence-corrected chi connectivity index (χ3v) is 10.3. The second-order valence-electron chi connectivity index (χ2n) is 11.1. The van der Waals surface area contributed by atoms with Crippen molar-refractivity contribution in [3.8, 4) is 0 Å². The summed E-state index contributed by atoms with van der Waals surface area (Å²) in [7, 11) is -1.33. The van der Waals surface area contributed by atoms with Gasteiger partial charge >= 0.3 is 5.69 Å². The zero-order valence-corrected chi connectivity index (χ0v) is 23.9. The molecule has 7 atom stereocenters. The first-order valence-electron chi connectivity index (χ1n) is 14.2. The molecule has 1 unspecified atom stereocenters. The maximum atomic E-state index is 13.3. The van der Waals surface area contributed by atoms with E-state index < -0.39 is 38.3 Å². The monoisotopic (exact) mass is 576 g/mol. The number of aromatic nitrogens is 2. The number of carbonyl (C=O) groups excluding carboxylic acids is 1. The smallest absolute Gasteiger partial charge is 0.351 e. The molecule has 0 saturated carbocycles. The Kier molecular flexibility index (Phi) is 7.01. The van der Waals surface area contributed by atoms with Crippen LogP contribution in [-0.2, 0) is 18.5 Å². The minimum Gasteiger partial charge on any atom is -0.368 e. The lowest BCUT2D eigenvalue weighted by molar-refractivity contribution is -0.175. The van der Waals surface area contributed by atoms with Gasteiger partial charge in [-0.1, -0.05) is 55.5 Å². The molecule has 2 aromatic carbocycles. The second-order valence-corrected chi connectivity index (χ2v) is 12.5. The Bertz CT molecular complexity index is 1490. The third-order valence-electron chi connectivity index (χ3n) is 8.61. The number of hydrogen-bond acceptors (Lipinski definition) is 8. The van der Waals surface area contributed by atoms with Crippen molar-refractivity contribution in [2.45, 2.75) is 69.3 Å². The molecule has 7 rings (SSSR count). The zero-order valence-electron chi connectivity index (χ0n) is 23.0. The number of carbonyl (C=O) groups is 1. The van der Waals surface area contributed by atoms with Gasteiger partial charge in [0.2, 0.25) is 0 Å². The molecule has 1 N–H and O–H groups in total. The predicted molar refractivity (Wildman–Crippen MR) is 152 cm³/mol. The van der Waals surface area contributed by atoms with Crippen LogP contribution in [0.25, 0.3) is 0 Å². The number of nitrogens with one attached hydrogen (secondary N) is 1. The first-order chi connectivity index (χ1) is 20.0. The first kappa shape index (κ1) is 26.9. The molecular formula is C30H33N4O6P. The molecule has 214 valence electrons. The quantitative estimate of drug-likeness (QED) is 0.403. The summed E-state index contributed by atoms with van der Waals surface area (Å²) in [6, 6.07) is 19.4. The van der Waals surface area contributed by atoms with Crippen molar-refractivity contribution >= 4 is 20.3 Å². The predicted octanol–water partition coefficient (Wildman–Crippen LogP) is 4.73. The normalized spacial score (nSPS) is 32.3. The van der Waals surface area contributed by atoms with Gasteiger partial charge < -0.3 is 23.8 Å². The molecule has 10 nitrogen and oxygen atoms in total. The van der Waals surface area contributed by atoms with Gasteiger partial charge in [0, 0.05) is 29.9 Å². The van der Waals surface area contributed by atoms with E-state index in [9.17, 15) is 9.59 Å². The van der Waals surface area contributed by atoms with Crippen LogP contribution in [-0.4, -0.2) is 57.1 Å². The highest BCUT2D eigenvalue weighted by Gasteiger charge is 2.64. The van der Waals surface area contributed by atoms with E-state index in [-0.39, 0.29) is 23.9 Å². The Morgan fingerprint density at radius 1 is 1.17 bits per heavy atom. The molecule has 1 amide bonds. The van der Waals surface area contributed by atoms with Gasteiger partial charge in [-0.15, -0.1) is 0 Å². The molecule has 0 spiro atoms. The molecule has 1 aromatic heterocycles. The van der Waals surface area contributed by atoms with Gasteiger partial charge in [0.15, 0.2) is 6.23 Å². The molecule has 41 heavy (non-hydrogen) atoms. The minimum atomic E-state index is -1.33. The molecule has 0 aliphatic carbocycles. The topological polar surface area (TPSA) is 104 Å². The number of fused-ring (bicyclic) bond motifs is 3. The summed E-state index contributed by atoms with van der Waals surface area (Å²) >= 11 is 0. The van der Waals surface area contributed by atoms with E-state index in [0.717, 1.165) is 24.9 Å². The number of anilines is 1. The summed E-state index contributed by atoms with van der Waals surface area (Å²) in [4.78, 5) is 30.1. The van der Waals surface area contributed by atoms with Crippen molar-refractivity contribution in [3.05, 3.63) is 94.0 Å². The number of nitrogens with zero attached hydrogens (tertiary/aromatic N) is 3. The number of amides is 1. The van der Waals surface area contributed by atoms with Gasteiger partial charge in [0.25, 0.3) is 14.4 Å². The molecule has 11 heteroatoms.